The van der Waals surface area contributed by atoms with Gasteiger partial charge in [0.1, 0.15) is 12.2 Å². The molecule has 0 atom stereocenters. The van der Waals surface area contributed by atoms with Crippen molar-refractivity contribution in [2.24, 2.45) is 5.92 Å². The Morgan fingerprint density at radius 3 is 2.45 bits per heavy atom. The molecule has 1 saturated carbocycles. The van der Waals surface area contributed by atoms with E-state index in [4.69, 9.17) is 0 Å². The SMILES string of the molecule is CCN(C(=O)Cn1c(C(=O)N[C@H]2CC[C@H](C(=O)NCCCCCCS(=O)(=O)[O-])CC2)cc2sccc21)c1cccc(C)c1.[K+]. The topological polar surface area (TPSA) is 141 Å². The quantitative estimate of drug-likeness (QED) is 0.152. The number of anilines is 1. The summed E-state index contributed by atoms with van der Waals surface area (Å²) < 4.78 is 34.7. The van der Waals surface area contributed by atoms with E-state index in [0.717, 1.165) is 34.3 Å². The molecule has 1 aromatic carbocycles. The zero-order valence-corrected chi connectivity index (χ0v) is 30.6. The van der Waals surface area contributed by atoms with Gasteiger partial charge in [-0.15, -0.1) is 11.3 Å². The molecule has 3 amide bonds. The number of nitrogens with one attached hydrogen (secondary N) is 2. The predicted octanol–water partition coefficient (Wildman–Crippen LogP) is 1.58. The summed E-state index contributed by atoms with van der Waals surface area (Å²) >= 11 is 1.53. The third-order valence-electron chi connectivity index (χ3n) is 8.03. The number of amides is 3. The molecule has 1 fully saturated rings. The van der Waals surface area contributed by atoms with Crippen LogP contribution in [0.4, 0.5) is 5.69 Å². The summed E-state index contributed by atoms with van der Waals surface area (Å²) in [4.78, 5) is 41.3. The zero-order chi connectivity index (χ0) is 31.0. The van der Waals surface area contributed by atoms with Crippen LogP contribution in [0, 0.1) is 12.8 Å². The Bertz CT molecular complexity index is 1530. The van der Waals surface area contributed by atoms with Crippen molar-refractivity contribution in [3.8, 4) is 0 Å². The van der Waals surface area contributed by atoms with Crippen molar-refractivity contribution >= 4 is 55.1 Å². The van der Waals surface area contributed by atoms with Crippen molar-refractivity contribution in [3.05, 3.63) is 53.0 Å². The van der Waals surface area contributed by atoms with Crippen LogP contribution in [0.5, 0.6) is 0 Å². The van der Waals surface area contributed by atoms with Crippen molar-refractivity contribution < 1.29 is 78.7 Å². The van der Waals surface area contributed by atoms with Crippen LogP contribution >= 0.6 is 11.3 Å². The monoisotopic (exact) mass is 668 g/mol. The number of aryl methyl sites for hydroxylation is 1. The molecule has 0 bridgehead atoms. The molecule has 1 aliphatic rings. The van der Waals surface area contributed by atoms with E-state index >= 15 is 0 Å². The minimum Gasteiger partial charge on any atom is -0.748 e. The van der Waals surface area contributed by atoms with E-state index in [1.54, 1.807) is 9.47 Å². The predicted molar refractivity (Wildman–Crippen MR) is 168 cm³/mol. The number of hydrogen-bond acceptors (Lipinski definition) is 7. The smallest absolute Gasteiger partial charge is 0.748 e. The first-order valence-corrected chi connectivity index (χ1v) is 17.5. The summed E-state index contributed by atoms with van der Waals surface area (Å²) in [5, 5.41) is 8.07. The van der Waals surface area contributed by atoms with Gasteiger partial charge in [0.15, 0.2) is 0 Å². The van der Waals surface area contributed by atoms with Crippen molar-refractivity contribution in [2.75, 3.05) is 23.7 Å². The van der Waals surface area contributed by atoms with Crippen molar-refractivity contribution in [2.45, 2.75) is 77.8 Å². The van der Waals surface area contributed by atoms with Crippen LogP contribution in [-0.2, 0) is 26.3 Å². The first-order chi connectivity index (χ1) is 20.6. The molecule has 4 rings (SSSR count). The summed E-state index contributed by atoms with van der Waals surface area (Å²) in [6, 6.07) is 11.6. The van der Waals surface area contributed by atoms with Crippen molar-refractivity contribution in [1.82, 2.24) is 15.2 Å². The van der Waals surface area contributed by atoms with Crippen LogP contribution in [0.2, 0.25) is 0 Å². The second-order valence-electron chi connectivity index (χ2n) is 11.3. The van der Waals surface area contributed by atoms with Crippen molar-refractivity contribution in [3.63, 3.8) is 0 Å². The summed E-state index contributed by atoms with van der Waals surface area (Å²) in [7, 11) is -4.16. The number of benzene rings is 1. The molecule has 44 heavy (non-hydrogen) atoms. The zero-order valence-electron chi connectivity index (χ0n) is 25.8. The van der Waals surface area contributed by atoms with Crippen LogP contribution in [0.1, 0.15) is 74.3 Å². The van der Waals surface area contributed by atoms with Gasteiger partial charge in [-0.1, -0.05) is 25.0 Å². The van der Waals surface area contributed by atoms with Crippen LogP contribution in [0.15, 0.2) is 41.8 Å². The average Bonchev–Trinajstić information content (AvgIpc) is 3.55. The summed E-state index contributed by atoms with van der Waals surface area (Å²) in [6.45, 7) is 5.02. The number of carbonyl (C=O) groups is 3. The van der Waals surface area contributed by atoms with Crippen LogP contribution in [0.25, 0.3) is 10.2 Å². The molecule has 2 aromatic heterocycles. The maximum Gasteiger partial charge on any atom is 1.00 e. The fraction of sp³-hybridized carbons (Fsp3) is 0.516. The number of fused-ring (bicyclic) bond motifs is 1. The molecule has 2 N–H and O–H groups in total. The Balaban J connectivity index is 0.00000529. The molecule has 13 heteroatoms. The van der Waals surface area contributed by atoms with Gasteiger partial charge in [0, 0.05) is 36.5 Å². The van der Waals surface area contributed by atoms with Gasteiger partial charge in [-0.2, -0.15) is 0 Å². The van der Waals surface area contributed by atoms with Gasteiger partial charge >= 0.3 is 51.4 Å². The maximum atomic E-state index is 13.5. The normalized spacial score (nSPS) is 16.7. The Hall–Kier alpha value is -1.58. The van der Waals surface area contributed by atoms with E-state index in [-0.39, 0.29) is 93.4 Å². The standard InChI is InChI=1S/C31H42N4O6S2.K/c1-3-34(25-10-8-9-22(2)19-25)29(36)21-35-26-15-17-42-28(26)20-27(35)31(38)33-24-13-11-23(12-14-24)30(37)32-16-6-4-5-7-18-43(39,40)41;/h8-10,15,17,19-20,23-24H,3-7,11-14,16,18,21H2,1-2H3,(H,32,37)(H,33,38)(H,39,40,41);/q;+1/p-1/t23-,24-;. The molecule has 0 spiro atoms. The number of likely N-dealkylation sites (N-methyl/N-ethyl adjacent to an activating group) is 1. The van der Waals surface area contributed by atoms with Gasteiger partial charge in [0.25, 0.3) is 5.91 Å². The number of unbranched alkanes of at least 4 members (excludes halogenated alkanes) is 3. The maximum absolute atomic E-state index is 13.5. The molecule has 0 aliphatic heterocycles. The van der Waals surface area contributed by atoms with Gasteiger partial charge in [0.2, 0.25) is 11.8 Å². The number of hydrogen-bond donors (Lipinski definition) is 2. The molecular formula is C31H41KN4O6S2. The molecule has 0 saturated heterocycles. The molecule has 1 aliphatic carbocycles. The molecule has 234 valence electrons. The van der Waals surface area contributed by atoms with E-state index < -0.39 is 10.1 Å². The van der Waals surface area contributed by atoms with E-state index in [1.807, 2.05) is 55.6 Å². The Kier molecular flexibility index (Phi) is 14.6. The second kappa shape index (κ2) is 17.4. The number of carbonyl (C=O) groups excluding carboxylic acids is 3. The van der Waals surface area contributed by atoms with E-state index in [0.29, 0.717) is 57.3 Å². The largest absolute Gasteiger partial charge is 1.00 e. The summed E-state index contributed by atoms with van der Waals surface area (Å²) in [5.74, 6) is -0.742. The van der Waals surface area contributed by atoms with Crippen LogP contribution in [-0.4, -0.2) is 60.1 Å². The Morgan fingerprint density at radius 2 is 1.77 bits per heavy atom. The van der Waals surface area contributed by atoms with Crippen LogP contribution in [0.3, 0.4) is 0 Å². The number of thiophene rings is 1. The number of rotatable bonds is 14. The van der Waals surface area contributed by atoms with E-state index in [1.165, 1.54) is 11.3 Å². The fourth-order valence-electron chi connectivity index (χ4n) is 5.73. The number of aromatic nitrogens is 1. The minimum absolute atomic E-state index is 0. The fourth-order valence-corrected chi connectivity index (χ4v) is 7.11. The van der Waals surface area contributed by atoms with Crippen molar-refractivity contribution in [1.29, 1.82) is 0 Å². The molecule has 2 heterocycles. The van der Waals surface area contributed by atoms with Crippen LogP contribution < -0.4 is 66.9 Å². The molecule has 0 unspecified atom stereocenters. The minimum atomic E-state index is -4.16. The summed E-state index contributed by atoms with van der Waals surface area (Å²) in [5.41, 5.74) is 3.23. The third-order valence-corrected chi connectivity index (χ3v) is 9.67. The average molecular weight is 669 g/mol. The van der Waals surface area contributed by atoms with Gasteiger partial charge in [-0.25, -0.2) is 8.42 Å². The first kappa shape index (κ1) is 36.9. The Labute approximate surface area is 306 Å². The summed E-state index contributed by atoms with van der Waals surface area (Å²) in [6.07, 6.45) is 5.21. The molecule has 0 radical (unpaired) electrons. The number of nitrogens with zero attached hydrogens (tertiary/aromatic N) is 2. The molecule has 3 aromatic rings. The second-order valence-corrected chi connectivity index (χ2v) is 13.7. The van der Waals surface area contributed by atoms with Gasteiger partial charge in [-0.05, 0) is 87.6 Å². The van der Waals surface area contributed by atoms with E-state index in [2.05, 4.69) is 10.6 Å². The van der Waals surface area contributed by atoms with Gasteiger partial charge in [-0.3, -0.25) is 14.4 Å². The molecule has 10 nitrogen and oxygen atoms in total. The van der Waals surface area contributed by atoms with Gasteiger partial charge in [0.05, 0.1) is 20.3 Å². The van der Waals surface area contributed by atoms with Gasteiger partial charge < -0.3 is 24.7 Å². The first-order valence-electron chi connectivity index (χ1n) is 15.0. The third kappa shape index (κ3) is 10.5. The van der Waals surface area contributed by atoms with E-state index in [9.17, 15) is 27.4 Å². The Morgan fingerprint density at radius 1 is 1.05 bits per heavy atom. The molecular weight excluding hydrogens is 628 g/mol.